The van der Waals surface area contributed by atoms with Gasteiger partial charge in [-0.2, -0.15) is 0 Å². The number of halogens is 1. The molecule has 210 valence electrons. The summed E-state index contributed by atoms with van der Waals surface area (Å²) in [5.74, 6) is -2.71. The fourth-order valence-electron chi connectivity index (χ4n) is 5.75. The Morgan fingerprint density at radius 3 is 2.12 bits per heavy atom. The summed E-state index contributed by atoms with van der Waals surface area (Å²) in [5, 5.41) is 13.4. The number of aryl methyl sites for hydroxylation is 2. The van der Waals surface area contributed by atoms with Crippen molar-refractivity contribution < 1.29 is 33.0 Å². The van der Waals surface area contributed by atoms with E-state index in [1.165, 1.54) is 36.3 Å². The van der Waals surface area contributed by atoms with Crippen molar-refractivity contribution in [2.45, 2.75) is 31.8 Å². The lowest BCUT2D eigenvalue weighted by atomic mass is 9.76. The number of hydrogen-bond acceptors (Lipinski definition) is 5. The standard InChI is InChI=1S/C32H29FN2O6/c1-18-17-25(19(2)41-18)30(36)27-26(20-11-15-24(40-3)16-12-20)29(31(37)38)35(28(27)21-9-13-22(33)14-10-21)32(39)34-23-7-5-4-6-8-23/h4-17,26-29H,1-3H3,(H,34,39)(H,37,38). The molecular formula is C32H29FN2O6. The number of nitrogens with one attached hydrogen (secondary N) is 1. The van der Waals surface area contributed by atoms with Crippen LogP contribution in [0.15, 0.2) is 89.3 Å². The van der Waals surface area contributed by atoms with E-state index in [1.54, 1.807) is 74.5 Å². The molecule has 0 bridgehead atoms. The highest BCUT2D eigenvalue weighted by atomic mass is 19.1. The lowest BCUT2D eigenvalue weighted by Gasteiger charge is -2.30. The van der Waals surface area contributed by atoms with Gasteiger partial charge >= 0.3 is 12.0 Å². The lowest BCUT2D eigenvalue weighted by molar-refractivity contribution is -0.142. The number of urea groups is 1. The van der Waals surface area contributed by atoms with E-state index in [1.807, 2.05) is 0 Å². The first-order chi connectivity index (χ1) is 19.7. The van der Waals surface area contributed by atoms with Crippen molar-refractivity contribution in [3.8, 4) is 5.75 Å². The molecule has 1 aromatic heterocycles. The number of furan rings is 1. The zero-order chi connectivity index (χ0) is 29.3. The van der Waals surface area contributed by atoms with Crippen LogP contribution in [0, 0.1) is 25.6 Å². The number of para-hydroxylation sites is 1. The second-order valence-corrected chi connectivity index (χ2v) is 10.00. The number of hydrogen-bond donors (Lipinski definition) is 2. The molecule has 41 heavy (non-hydrogen) atoms. The van der Waals surface area contributed by atoms with Crippen LogP contribution in [0.2, 0.25) is 0 Å². The molecular weight excluding hydrogens is 527 g/mol. The number of ether oxygens (including phenoxy) is 1. The summed E-state index contributed by atoms with van der Waals surface area (Å²) in [5.41, 5.74) is 1.72. The van der Waals surface area contributed by atoms with Gasteiger partial charge in [0, 0.05) is 11.6 Å². The average Bonchev–Trinajstić information content (AvgIpc) is 3.50. The van der Waals surface area contributed by atoms with E-state index < -0.39 is 41.7 Å². The maximum absolute atomic E-state index is 14.4. The number of amides is 2. The molecule has 0 spiro atoms. The van der Waals surface area contributed by atoms with E-state index in [0.717, 1.165) is 0 Å². The van der Waals surface area contributed by atoms with Gasteiger partial charge < -0.3 is 24.5 Å². The first kappa shape index (κ1) is 27.6. The van der Waals surface area contributed by atoms with Gasteiger partial charge in [-0.1, -0.05) is 42.5 Å². The lowest BCUT2D eigenvalue weighted by Crippen LogP contribution is -2.45. The average molecular weight is 557 g/mol. The highest BCUT2D eigenvalue weighted by Crippen LogP contribution is 2.52. The van der Waals surface area contributed by atoms with Gasteiger partial charge in [-0.25, -0.2) is 14.0 Å². The number of carboxylic acid groups (broad SMARTS) is 1. The van der Waals surface area contributed by atoms with E-state index in [9.17, 15) is 23.9 Å². The summed E-state index contributed by atoms with van der Waals surface area (Å²) in [6, 6.07) is 19.2. The monoisotopic (exact) mass is 556 g/mol. The molecule has 2 amide bonds. The van der Waals surface area contributed by atoms with Crippen molar-refractivity contribution in [1.29, 1.82) is 0 Å². The van der Waals surface area contributed by atoms with E-state index >= 15 is 0 Å². The molecule has 0 aliphatic carbocycles. The van der Waals surface area contributed by atoms with Crippen LogP contribution in [0.1, 0.15) is 45.0 Å². The van der Waals surface area contributed by atoms with Gasteiger partial charge in [0.1, 0.15) is 29.1 Å². The summed E-state index contributed by atoms with van der Waals surface area (Å²) in [7, 11) is 1.52. The van der Waals surface area contributed by atoms with Crippen molar-refractivity contribution in [2.24, 2.45) is 5.92 Å². The maximum atomic E-state index is 14.4. The maximum Gasteiger partial charge on any atom is 0.327 e. The van der Waals surface area contributed by atoms with Crippen LogP contribution in [-0.4, -0.2) is 40.9 Å². The van der Waals surface area contributed by atoms with Gasteiger partial charge in [0.25, 0.3) is 0 Å². The molecule has 0 saturated carbocycles. The van der Waals surface area contributed by atoms with Crippen LogP contribution in [0.4, 0.5) is 14.9 Å². The minimum absolute atomic E-state index is 0.299. The van der Waals surface area contributed by atoms with Gasteiger partial charge in [-0.3, -0.25) is 4.79 Å². The fraction of sp³-hybridized carbons (Fsp3) is 0.219. The molecule has 1 aliphatic rings. The number of carboxylic acids is 1. The van der Waals surface area contributed by atoms with Crippen molar-refractivity contribution in [3.05, 3.63) is 119 Å². The van der Waals surface area contributed by atoms with Gasteiger partial charge in [-0.05, 0) is 67.4 Å². The number of Topliss-reactive ketones (excluding diaryl/α,β-unsaturated/α-hetero) is 1. The van der Waals surface area contributed by atoms with E-state index in [-0.39, 0.29) is 5.78 Å². The van der Waals surface area contributed by atoms with Gasteiger partial charge in [-0.15, -0.1) is 0 Å². The number of anilines is 1. The first-order valence-electron chi connectivity index (χ1n) is 13.1. The third kappa shape index (κ3) is 5.30. The van der Waals surface area contributed by atoms with Crippen LogP contribution in [0.5, 0.6) is 5.75 Å². The Kier molecular flexibility index (Phi) is 7.61. The van der Waals surface area contributed by atoms with Crippen molar-refractivity contribution in [3.63, 3.8) is 0 Å². The highest BCUT2D eigenvalue weighted by molar-refractivity contribution is 6.03. The summed E-state index contributed by atoms with van der Waals surface area (Å²) < 4.78 is 25.0. The minimum Gasteiger partial charge on any atom is -0.497 e. The zero-order valence-corrected chi connectivity index (χ0v) is 22.7. The summed E-state index contributed by atoms with van der Waals surface area (Å²) >= 11 is 0. The quantitative estimate of drug-likeness (QED) is 0.256. The molecule has 2 heterocycles. The van der Waals surface area contributed by atoms with Gasteiger partial charge in [0.2, 0.25) is 0 Å². The second kappa shape index (κ2) is 11.3. The van der Waals surface area contributed by atoms with Gasteiger partial charge in [0.05, 0.1) is 24.6 Å². The van der Waals surface area contributed by atoms with Crippen LogP contribution in [0.25, 0.3) is 0 Å². The number of ketones is 1. The molecule has 1 fully saturated rings. The Morgan fingerprint density at radius 1 is 0.927 bits per heavy atom. The Hall–Kier alpha value is -4.92. The smallest absolute Gasteiger partial charge is 0.327 e. The van der Waals surface area contributed by atoms with E-state index in [2.05, 4.69) is 5.32 Å². The number of nitrogens with zero attached hydrogens (tertiary/aromatic N) is 1. The highest BCUT2D eigenvalue weighted by Gasteiger charge is 2.58. The van der Waals surface area contributed by atoms with E-state index in [0.29, 0.717) is 39.6 Å². The fourth-order valence-corrected chi connectivity index (χ4v) is 5.75. The van der Waals surface area contributed by atoms with Crippen LogP contribution >= 0.6 is 0 Å². The third-order valence-corrected chi connectivity index (χ3v) is 7.50. The van der Waals surface area contributed by atoms with Crippen molar-refractivity contribution >= 4 is 23.5 Å². The summed E-state index contributed by atoms with van der Waals surface area (Å²) in [6.45, 7) is 3.38. The number of carbonyl (C=O) groups excluding carboxylic acids is 2. The molecule has 2 N–H and O–H groups in total. The van der Waals surface area contributed by atoms with Crippen LogP contribution in [0.3, 0.4) is 0 Å². The molecule has 4 unspecified atom stereocenters. The molecule has 8 nitrogen and oxygen atoms in total. The predicted molar refractivity (Wildman–Crippen MR) is 150 cm³/mol. The molecule has 1 saturated heterocycles. The zero-order valence-electron chi connectivity index (χ0n) is 22.7. The Morgan fingerprint density at radius 2 is 1.56 bits per heavy atom. The van der Waals surface area contributed by atoms with Crippen molar-refractivity contribution in [2.75, 3.05) is 12.4 Å². The molecule has 5 rings (SSSR count). The van der Waals surface area contributed by atoms with Crippen LogP contribution in [-0.2, 0) is 4.79 Å². The topological polar surface area (TPSA) is 109 Å². The SMILES string of the molecule is COc1ccc(C2C(C(=O)c3cc(C)oc3C)C(c3ccc(F)cc3)N(C(=O)Nc3ccccc3)C2C(=O)O)cc1. The summed E-state index contributed by atoms with van der Waals surface area (Å²) in [6.07, 6.45) is 0. The number of rotatable bonds is 7. The Balaban J connectivity index is 1.73. The molecule has 3 aromatic carbocycles. The predicted octanol–water partition coefficient (Wildman–Crippen LogP) is 6.37. The number of benzene rings is 3. The number of aliphatic carboxylic acids is 1. The third-order valence-electron chi connectivity index (χ3n) is 7.50. The Bertz CT molecular complexity index is 1570. The number of methoxy groups -OCH3 is 1. The Labute approximate surface area is 236 Å². The molecule has 9 heteroatoms. The second-order valence-electron chi connectivity index (χ2n) is 10.00. The van der Waals surface area contributed by atoms with Gasteiger partial charge in [0.15, 0.2) is 5.78 Å². The number of carbonyl (C=O) groups is 3. The largest absolute Gasteiger partial charge is 0.497 e. The molecule has 0 radical (unpaired) electrons. The van der Waals surface area contributed by atoms with Crippen molar-refractivity contribution in [1.82, 2.24) is 4.90 Å². The summed E-state index contributed by atoms with van der Waals surface area (Å²) in [4.78, 5) is 42.6. The molecule has 1 aliphatic heterocycles. The molecule has 4 aromatic rings. The van der Waals surface area contributed by atoms with Crippen LogP contribution < -0.4 is 10.1 Å². The minimum atomic E-state index is -1.44. The normalized spacial score (nSPS) is 20.0. The number of likely N-dealkylation sites (tertiary alicyclic amines) is 1. The van der Waals surface area contributed by atoms with E-state index in [4.69, 9.17) is 9.15 Å². The first-order valence-corrected chi connectivity index (χ1v) is 13.1. The molecule has 4 atom stereocenters.